The standard InChI is InChI=1S/C21H29N3O4S.HI/c1-16-14-17(6-11-20(16)29(4,25)26)15-24-21(22-2)23-12-5-13-28-19-9-7-18(27-3)8-10-19;/h6-11,14H,5,12-13,15H2,1-4H3,(H2,22,23,24);1H. The average molecular weight is 547 g/mol. The SMILES string of the molecule is CN=C(NCCCOc1ccc(OC)cc1)NCc1ccc(S(C)(=O)=O)c(C)c1.I. The van der Waals surface area contributed by atoms with E-state index >= 15 is 0 Å². The van der Waals surface area contributed by atoms with Crippen LogP contribution >= 0.6 is 24.0 Å². The Labute approximate surface area is 196 Å². The normalized spacial score (nSPS) is 11.4. The van der Waals surface area contributed by atoms with Crippen molar-refractivity contribution in [2.75, 3.05) is 33.6 Å². The van der Waals surface area contributed by atoms with E-state index in [1.807, 2.05) is 36.4 Å². The van der Waals surface area contributed by atoms with Crippen LogP contribution in [0.15, 0.2) is 52.4 Å². The summed E-state index contributed by atoms with van der Waals surface area (Å²) in [5.41, 5.74) is 1.73. The molecule has 0 heterocycles. The lowest BCUT2D eigenvalue weighted by atomic mass is 10.1. The van der Waals surface area contributed by atoms with E-state index in [9.17, 15) is 8.42 Å². The van der Waals surface area contributed by atoms with Crippen molar-refractivity contribution >= 4 is 39.8 Å². The van der Waals surface area contributed by atoms with Crippen LogP contribution in [0.5, 0.6) is 11.5 Å². The second kappa shape index (κ2) is 12.6. The molecular weight excluding hydrogens is 517 g/mol. The molecule has 0 bridgehead atoms. The molecule has 0 aliphatic carbocycles. The van der Waals surface area contributed by atoms with Crippen molar-refractivity contribution in [1.82, 2.24) is 10.6 Å². The van der Waals surface area contributed by atoms with E-state index in [0.717, 1.165) is 29.0 Å². The maximum atomic E-state index is 11.7. The van der Waals surface area contributed by atoms with E-state index < -0.39 is 9.84 Å². The van der Waals surface area contributed by atoms with Crippen LogP contribution in [0.4, 0.5) is 0 Å². The highest BCUT2D eigenvalue weighted by molar-refractivity contribution is 14.0. The van der Waals surface area contributed by atoms with E-state index in [1.165, 1.54) is 6.26 Å². The Balaban J connectivity index is 0.00000450. The zero-order valence-electron chi connectivity index (χ0n) is 17.8. The van der Waals surface area contributed by atoms with Gasteiger partial charge in [0.05, 0.1) is 18.6 Å². The smallest absolute Gasteiger partial charge is 0.191 e. The fourth-order valence-electron chi connectivity index (χ4n) is 2.78. The number of aryl methyl sites for hydroxylation is 1. The number of benzene rings is 2. The average Bonchev–Trinajstić information content (AvgIpc) is 2.69. The molecule has 0 unspecified atom stereocenters. The monoisotopic (exact) mass is 547 g/mol. The summed E-state index contributed by atoms with van der Waals surface area (Å²) < 4.78 is 34.2. The maximum absolute atomic E-state index is 11.7. The second-order valence-electron chi connectivity index (χ2n) is 6.60. The fraction of sp³-hybridized carbons (Fsp3) is 0.381. The first kappa shape index (κ1) is 26.0. The summed E-state index contributed by atoms with van der Waals surface area (Å²) in [6.07, 6.45) is 2.03. The van der Waals surface area contributed by atoms with Gasteiger partial charge in [-0.15, -0.1) is 24.0 Å². The van der Waals surface area contributed by atoms with Gasteiger partial charge in [-0.1, -0.05) is 12.1 Å². The van der Waals surface area contributed by atoms with Gasteiger partial charge in [0.25, 0.3) is 0 Å². The van der Waals surface area contributed by atoms with Crippen LogP contribution < -0.4 is 20.1 Å². The molecule has 0 atom stereocenters. The minimum atomic E-state index is -3.20. The zero-order valence-corrected chi connectivity index (χ0v) is 20.9. The molecule has 0 aromatic heterocycles. The molecule has 0 radical (unpaired) electrons. The van der Waals surface area contributed by atoms with Gasteiger partial charge in [-0.2, -0.15) is 0 Å². The summed E-state index contributed by atoms with van der Waals surface area (Å²) in [5, 5.41) is 6.46. The number of rotatable bonds is 9. The highest BCUT2D eigenvalue weighted by atomic mass is 127. The number of nitrogens with one attached hydrogen (secondary N) is 2. The minimum absolute atomic E-state index is 0. The summed E-state index contributed by atoms with van der Waals surface area (Å²) in [7, 11) is 0.141. The lowest BCUT2D eigenvalue weighted by Gasteiger charge is -2.13. The number of ether oxygens (including phenoxy) is 2. The number of halogens is 1. The summed E-state index contributed by atoms with van der Waals surface area (Å²) in [4.78, 5) is 4.56. The summed E-state index contributed by atoms with van der Waals surface area (Å²) >= 11 is 0. The first-order valence-electron chi connectivity index (χ1n) is 9.34. The molecule has 2 rings (SSSR count). The lowest BCUT2D eigenvalue weighted by molar-refractivity contribution is 0.310. The highest BCUT2D eigenvalue weighted by Crippen LogP contribution is 2.17. The first-order chi connectivity index (χ1) is 13.8. The van der Waals surface area contributed by atoms with Crippen molar-refractivity contribution in [1.29, 1.82) is 0 Å². The van der Waals surface area contributed by atoms with E-state index in [-0.39, 0.29) is 24.0 Å². The third-order valence-corrected chi connectivity index (χ3v) is 5.52. The molecule has 7 nitrogen and oxygen atoms in total. The van der Waals surface area contributed by atoms with Gasteiger partial charge in [-0.25, -0.2) is 8.42 Å². The molecule has 2 aromatic rings. The predicted octanol–water partition coefficient (Wildman–Crippen LogP) is 3.16. The summed E-state index contributed by atoms with van der Waals surface area (Å²) in [6.45, 7) is 3.65. The van der Waals surface area contributed by atoms with Gasteiger partial charge in [0.2, 0.25) is 0 Å². The molecule has 9 heteroatoms. The number of methoxy groups -OCH3 is 1. The van der Waals surface area contributed by atoms with Crippen LogP contribution in [-0.4, -0.2) is 47.9 Å². The van der Waals surface area contributed by atoms with Crippen molar-refractivity contribution in [3.8, 4) is 11.5 Å². The van der Waals surface area contributed by atoms with Crippen LogP contribution in [0.3, 0.4) is 0 Å². The lowest BCUT2D eigenvalue weighted by Crippen LogP contribution is -2.37. The number of aliphatic imine (C=N–C) groups is 1. The van der Waals surface area contributed by atoms with Crippen molar-refractivity contribution < 1.29 is 17.9 Å². The Morgan fingerprint density at radius 1 is 1.07 bits per heavy atom. The van der Waals surface area contributed by atoms with Crippen molar-refractivity contribution in [2.24, 2.45) is 4.99 Å². The highest BCUT2D eigenvalue weighted by Gasteiger charge is 2.10. The predicted molar refractivity (Wildman–Crippen MR) is 131 cm³/mol. The number of guanidine groups is 1. The van der Waals surface area contributed by atoms with E-state index in [0.29, 0.717) is 30.6 Å². The molecule has 0 fully saturated rings. The van der Waals surface area contributed by atoms with Gasteiger partial charge in [0, 0.05) is 26.4 Å². The van der Waals surface area contributed by atoms with E-state index in [1.54, 1.807) is 27.1 Å². The second-order valence-corrected chi connectivity index (χ2v) is 8.59. The molecular formula is C21H30IN3O4S. The van der Waals surface area contributed by atoms with Crippen LogP contribution in [0.2, 0.25) is 0 Å². The van der Waals surface area contributed by atoms with E-state index in [4.69, 9.17) is 9.47 Å². The Morgan fingerprint density at radius 2 is 1.73 bits per heavy atom. The largest absolute Gasteiger partial charge is 0.497 e. The van der Waals surface area contributed by atoms with Crippen LogP contribution in [0.25, 0.3) is 0 Å². The van der Waals surface area contributed by atoms with Crippen molar-refractivity contribution in [2.45, 2.75) is 24.8 Å². The van der Waals surface area contributed by atoms with Gasteiger partial charge in [-0.05, 0) is 54.8 Å². The minimum Gasteiger partial charge on any atom is -0.497 e. The van der Waals surface area contributed by atoms with Gasteiger partial charge in [0.15, 0.2) is 15.8 Å². The Kier molecular flexibility index (Phi) is 11.0. The van der Waals surface area contributed by atoms with Gasteiger partial charge in [-0.3, -0.25) is 4.99 Å². The quantitative estimate of drug-likeness (QED) is 0.217. The van der Waals surface area contributed by atoms with Gasteiger partial charge < -0.3 is 20.1 Å². The number of hydrogen-bond donors (Lipinski definition) is 2. The topological polar surface area (TPSA) is 89.0 Å². The third-order valence-electron chi connectivity index (χ3n) is 4.26. The summed E-state index contributed by atoms with van der Waals surface area (Å²) in [5.74, 6) is 2.29. The molecule has 0 aliphatic heterocycles. The number of sulfone groups is 1. The summed E-state index contributed by atoms with van der Waals surface area (Å²) in [6, 6.07) is 12.8. The molecule has 2 aromatic carbocycles. The van der Waals surface area contributed by atoms with Gasteiger partial charge in [0.1, 0.15) is 11.5 Å². The third kappa shape index (κ3) is 8.39. The Hall–Kier alpha value is -2.01. The molecule has 0 aliphatic rings. The van der Waals surface area contributed by atoms with Crippen molar-refractivity contribution in [3.05, 3.63) is 53.6 Å². The molecule has 2 N–H and O–H groups in total. The van der Waals surface area contributed by atoms with Crippen molar-refractivity contribution in [3.63, 3.8) is 0 Å². The number of hydrogen-bond acceptors (Lipinski definition) is 5. The van der Waals surface area contributed by atoms with Crippen LogP contribution in [-0.2, 0) is 16.4 Å². The van der Waals surface area contributed by atoms with E-state index in [2.05, 4.69) is 15.6 Å². The molecule has 0 spiro atoms. The zero-order chi connectivity index (χ0) is 21.3. The molecule has 0 saturated heterocycles. The van der Waals surface area contributed by atoms with Gasteiger partial charge >= 0.3 is 0 Å². The molecule has 30 heavy (non-hydrogen) atoms. The van der Waals surface area contributed by atoms with Crippen LogP contribution in [0, 0.1) is 6.92 Å². The first-order valence-corrected chi connectivity index (χ1v) is 11.2. The maximum Gasteiger partial charge on any atom is 0.191 e. The van der Waals surface area contributed by atoms with Crippen LogP contribution in [0.1, 0.15) is 17.5 Å². The fourth-order valence-corrected chi connectivity index (χ4v) is 3.74. The Morgan fingerprint density at radius 3 is 2.30 bits per heavy atom. The Bertz CT molecular complexity index is 932. The molecule has 0 saturated carbocycles. The molecule has 0 amide bonds. The number of nitrogens with zero attached hydrogens (tertiary/aromatic N) is 1. The molecule has 166 valence electrons.